The second-order valence-corrected chi connectivity index (χ2v) is 9.43. The van der Waals surface area contributed by atoms with Crippen LogP contribution in [0.1, 0.15) is 30.7 Å². The Morgan fingerprint density at radius 3 is 2.22 bits per heavy atom. The Bertz CT molecular complexity index is 884. The van der Waals surface area contributed by atoms with E-state index in [2.05, 4.69) is 35.0 Å². The van der Waals surface area contributed by atoms with Crippen LogP contribution in [0, 0.1) is 24.2 Å². The number of rotatable bonds is 6. The highest BCUT2D eigenvalue weighted by Gasteiger charge is 2.50. The van der Waals surface area contributed by atoms with Gasteiger partial charge in [-0.05, 0) is 37.8 Å². The molecule has 1 aromatic rings. The molecule has 8 nitrogen and oxygen atoms in total. The van der Waals surface area contributed by atoms with Crippen LogP contribution >= 0.6 is 0 Å². The summed E-state index contributed by atoms with van der Waals surface area (Å²) in [4.78, 5) is 25.0. The highest BCUT2D eigenvalue weighted by molar-refractivity contribution is 5.73. The number of aliphatic carboxylic acids is 2. The minimum atomic E-state index is -5.08. The van der Waals surface area contributed by atoms with E-state index < -0.39 is 24.3 Å². The lowest BCUT2D eigenvalue weighted by atomic mass is 9.81. The summed E-state index contributed by atoms with van der Waals surface area (Å²) in [6.07, 6.45) is -6.06. The van der Waals surface area contributed by atoms with E-state index >= 15 is 0 Å². The fraction of sp³-hybridized carbons (Fsp3) is 0.696. The fourth-order valence-corrected chi connectivity index (χ4v) is 4.27. The van der Waals surface area contributed by atoms with Gasteiger partial charge in [-0.25, -0.2) is 9.59 Å². The minimum Gasteiger partial charge on any atom is -0.475 e. The number of aryl methyl sites for hydroxylation is 1. The van der Waals surface area contributed by atoms with Crippen LogP contribution in [0.15, 0.2) is 18.2 Å². The summed E-state index contributed by atoms with van der Waals surface area (Å²) in [5, 5.41) is 14.2. The van der Waals surface area contributed by atoms with Gasteiger partial charge in [0.1, 0.15) is 0 Å². The van der Waals surface area contributed by atoms with Crippen molar-refractivity contribution in [1.82, 2.24) is 9.88 Å². The zero-order valence-electron chi connectivity index (χ0n) is 20.1. The summed E-state index contributed by atoms with van der Waals surface area (Å²) in [5.74, 6) is -4.07. The number of pyridine rings is 1. The van der Waals surface area contributed by atoms with Gasteiger partial charge in [-0.2, -0.15) is 26.3 Å². The number of fused-ring (bicyclic) bond motifs is 1. The molecule has 0 aromatic carbocycles. The number of carboxylic acids is 2. The smallest absolute Gasteiger partial charge is 0.475 e. The fourth-order valence-electron chi connectivity index (χ4n) is 4.27. The first-order valence-corrected chi connectivity index (χ1v) is 11.5. The minimum absolute atomic E-state index is 0.216. The first-order chi connectivity index (χ1) is 17.1. The molecule has 0 spiro atoms. The van der Waals surface area contributed by atoms with Gasteiger partial charge in [-0.1, -0.05) is 12.5 Å². The monoisotopic (exact) mass is 544 g/mol. The number of carboxylic acid groups (broad SMARTS) is 2. The van der Waals surface area contributed by atoms with Crippen LogP contribution in [-0.4, -0.2) is 83.9 Å². The van der Waals surface area contributed by atoms with Gasteiger partial charge in [0.2, 0.25) is 0 Å². The van der Waals surface area contributed by atoms with Crippen LogP contribution in [0.3, 0.4) is 0 Å². The molecule has 210 valence electrons. The summed E-state index contributed by atoms with van der Waals surface area (Å²) in [6.45, 7) is 8.78. The zero-order valence-corrected chi connectivity index (χ0v) is 20.1. The molecule has 1 aliphatic carbocycles. The molecule has 4 rings (SSSR count). The van der Waals surface area contributed by atoms with Crippen molar-refractivity contribution in [1.29, 1.82) is 0 Å². The molecule has 14 heteroatoms. The Balaban J connectivity index is 0.000000286. The molecule has 0 radical (unpaired) electrons. The van der Waals surface area contributed by atoms with E-state index in [1.165, 1.54) is 25.0 Å². The van der Waals surface area contributed by atoms with E-state index in [4.69, 9.17) is 29.3 Å². The average Bonchev–Trinajstić information content (AvgIpc) is 3.26. The molecule has 3 fully saturated rings. The van der Waals surface area contributed by atoms with Crippen LogP contribution < -0.4 is 0 Å². The predicted octanol–water partition coefficient (Wildman–Crippen LogP) is 3.92. The second-order valence-electron chi connectivity index (χ2n) is 9.43. The summed E-state index contributed by atoms with van der Waals surface area (Å²) < 4.78 is 75.4. The van der Waals surface area contributed by atoms with E-state index in [9.17, 15) is 26.3 Å². The van der Waals surface area contributed by atoms with E-state index in [-0.39, 0.29) is 5.41 Å². The molecule has 1 aromatic heterocycles. The van der Waals surface area contributed by atoms with Crippen LogP contribution in [0.5, 0.6) is 0 Å². The van der Waals surface area contributed by atoms with Crippen molar-refractivity contribution in [3.63, 3.8) is 0 Å². The maximum absolute atomic E-state index is 10.6. The van der Waals surface area contributed by atoms with Crippen LogP contribution in [0.25, 0.3) is 0 Å². The maximum atomic E-state index is 10.6. The molecule has 2 saturated heterocycles. The Labute approximate surface area is 209 Å². The van der Waals surface area contributed by atoms with Gasteiger partial charge in [0.25, 0.3) is 0 Å². The lowest BCUT2D eigenvalue weighted by molar-refractivity contribution is -0.193. The number of ether oxygens (including phenoxy) is 2. The molecule has 2 atom stereocenters. The van der Waals surface area contributed by atoms with E-state index in [1.54, 1.807) is 0 Å². The first kappa shape index (κ1) is 30.8. The highest BCUT2D eigenvalue weighted by atomic mass is 19.4. The lowest BCUT2D eigenvalue weighted by Gasteiger charge is -2.30. The average molecular weight is 544 g/mol. The summed E-state index contributed by atoms with van der Waals surface area (Å²) in [6, 6.07) is 6.30. The van der Waals surface area contributed by atoms with Crippen molar-refractivity contribution in [3.8, 4) is 0 Å². The number of hydrogen-bond donors (Lipinski definition) is 2. The van der Waals surface area contributed by atoms with Crippen molar-refractivity contribution in [3.05, 3.63) is 29.6 Å². The van der Waals surface area contributed by atoms with Crippen molar-refractivity contribution < 1.29 is 55.6 Å². The Morgan fingerprint density at radius 1 is 1.14 bits per heavy atom. The molecule has 3 heterocycles. The molecule has 3 aliphatic rings. The van der Waals surface area contributed by atoms with Gasteiger partial charge in [0.05, 0.1) is 25.5 Å². The number of likely N-dealkylation sites (tertiary alicyclic amines) is 1. The van der Waals surface area contributed by atoms with Gasteiger partial charge >= 0.3 is 24.3 Å². The Kier molecular flexibility index (Phi) is 10.7. The molecule has 1 saturated carbocycles. The van der Waals surface area contributed by atoms with Crippen molar-refractivity contribution in [2.75, 3.05) is 39.5 Å². The first-order valence-electron chi connectivity index (χ1n) is 11.5. The quantitative estimate of drug-likeness (QED) is 0.519. The molecular weight excluding hydrogens is 514 g/mol. The third-order valence-electron chi connectivity index (χ3n) is 6.38. The Hall–Kier alpha value is -2.45. The molecule has 0 amide bonds. The van der Waals surface area contributed by atoms with Gasteiger partial charge in [-0.3, -0.25) is 9.88 Å². The normalized spacial score (nSPS) is 23.7. The largest absolute Gasteiger partial charge is 0.490 e. The molecular formula is C23H30F6N2O6. The maximum Gasteiger partial charge on any atom is 0.490 e. The van der Waals surface area contributed by atoms with E-state index in [0.717, 1.165) is 57.7 Å². The number of aromatic nitrogens is 1. The van der Waals surface area contributed by atoms with Gasteiger partial charge < -0.3 is 19.7 Å². The topological polar surface area (TPSA) is 109 Å². The van der Waals surface area contributed by atoms with Crippen LogP contribution in [0.2, 0.25) is 0 Å². The molecule has 2 N–H and O–H groups in total. The lowest BCUT2D eigenvalue weighted by Crippen LogP contribution is -2.36. The van der Waals surface area contributed by atoms with Crippen LogP contribution in [-0.2, 0) is 25.6 Å². The van der Waals surface area contributed by atoms with Crippen molar-refractivity contribution >= 4 is 11.9 Å². The van der Waals surface area contributed by atoms with Gasteiger partial charge in [0, 0.05) is 43.3 Å². The number of alkyl halides is 6. The number of nitrogens with zero attached hydrogens (tertiary/aromatic N) is 2. The summed E-state index contributed by atoms with van der Waals surface area (Å²) in [7, 11) is 0. The molecule has 2 aliphatic heterocycles. The zero-order chi connectivity index (χ0) is 27.9. The standard InChI is InChI=1S/C19H28N2O2.2C2HF3O2/c1-15-4-2-7-18(20-15)9-21-8-17-11-23-14-19(17,12-21)13-22-10-16-5-3-6-16;2*3-2(4,5)1(6)7/h2,4,7,16-17H,3,5-6,8-14H2,1H3;2*(H,6,7)/t17-,19-;;/m1../s1. The van der Waals surface area contributed by atoms with Gasteiger partial charge in [-0.15, -0.1) is 0 Å². The molecule has 0 unspecified atom stereocenters. The SMILES string of the molecule is Cc1cccc(CN2C[C@@H]3COC[C@]3(COCC3CCC3)C2)n1.O=C(O)C(F)(F)F.O=C(O)C(F)(F)F. The highest BCUT2D eigenvalue weighted by Crippen LogP contribution is 2.42. The summed E-state index contributed by atoms with van der Waals surface area (Å²) in [5.41, 5.74) is 2.49. The number of carbonyl (C=O) groups is 2. The third kappa shape index (κ3) is 9.74. The van der Waals surface area contributed by atoms with E-state index in [0.29, 0.717) is 5.92 Å². The van der Waals surface area contributed by atoms with Gasteiger partial charge in [0.15, 0.2) is 0 Å². The summed E-state index contributed by atoms with van der Waals surface area (Å²) >= 11 is 0. The third-order valence-corrected chi connectivity index (χ3v) is 6.38. The molecule has 0 bridgehead atoms. The molecule has 37 heavy (non-hydrogen) atoms. The van der Waals surface area contributed by atoms with E-state index in [1.807, 2.05) is 0 Å². The Morgan fingerprint density at radius 2 is 1.73 bits per heavy atom. The van der Waals surface area contributed by atoms with Crippen LogP contribution in [0.4, 0.5) is 26.3 Å². The number of hydrogen-bond acceptors (Lipinski definition) is 6. The predicted molar refractivity (Wildman–Crippen MR) is 117 cm³/mol. The van der Waals surface area contributed by atoms with Crippen molar-refractivity contribution in [2.24, 2.45) is 17.3 Å². The van der Waals surface area contributed by atoms with Crippen molar-refractivity contribution in [2.45, 2.75) is 45.1 Å². The number of halogens is 6. The second kappa shape index (κ2) is 12.9.